The van der Waals surface area contributed by atoms with E-state index in [0.29, 0.717) is 6.61 Å². The highest BCUT2D eigenvalue weighted by molar-refractivity contribution is 5.77. The summed E-state index contributed by atoms with van der Waals surface area (Å²) in [6.45, 7) is 6.53. The number of hydrogen-bond acceptors (Lipinski definition) is 3. The smallest absolute Gasteiger partial charge is 0.327 e. The quantitative estimate of drug-likeness (QED) is 0.746. The van der Waals surface area contributed by atoms with Gasteiger partial charge in [-0.15, -0.1) is 0 Å². The van der Waals surface area contributed by atoms with Crippen LogP contribution in [0.25, 0.3) is 0 Å². The van der Waals surface area contributed by atoms with E-state index in [1.54, 1.807) is 0 Å². The van der Waals surface area contributed by atoms with E-state index in [4.69, 9.17) is 4.74 Å². The Hall–Kier alpha value is -1.35. The number of hydrogen-bond donors (Lipinski definition) is 0. The lowest BCUT2D eigenvalue weighted by atomic mass is 9.91. The third-order valence-corrected chi connectivity index (χ3v) is 4.34. The maximum atomic E-state index is 12.4. The van der Waals surface area contributed by atoms with Gasteiger partial charge in [0.15, 0.2) is 0 Å². The van der Waals surface area contributed by atoms with Crippen LogP contribution < -0.4 is 0 Å². The van der Waals surface area contributed by atoms with Crippen molar-refractivity contribution in [1.82, 2.24) is 4.90 Å². The summed E-state index contributed by atoms with van der Waals surface area (Å²) in [5.74, 6) is 0.711. The molecule has 0 N–H and O–H groups in total. The molecule has 116 valence electrons. The Labute approximate surface area is 128 Å². The van der Waals surface area contributed by atoms with Crippen LogP contribution >= 0.6 is 0 Å². The van der Waals surface area contributed by atoms with Gasteiger partial charge in [-0.05, 0) is 44.3 Å². The Morgan fingerprint density at radius 1 is 1.24 bits per heavy atom. The van der Waals surface area contributed by atoms with E-state index in [9.17, 15) is 4.79 Å². The molecule has 1 fully saturated rings. The van der Waals surface area contributed by atoms with E-state index in [2.05, 4.69) is 11.8 Å². The van der Waals surface area contributed by atoms with Crippen molar-refractivity contribution in [3.8, 4) is 0 Å². The molecule has 2 rings (SSSR count). The van der Waals surface area contributed by atoms with Crippen molar-refractivity contribution >= 4 is 5.97 Å². The third-order valence-electron chi connectivity index (χ3n) is 4.34. The first-order valence-corrected chi connectivity index (χ1v) is 8.21. The molecule has 1 aliphatic heterocycles. The Morgan fingerprint density at radius 3 is 2.48 bits per heavy atom. The standard InChI is InChI=1S/C18H27NO2/c1-3-8-15-11-13-19(14-12-15)17(18(20)21-4-2)16-9-6-5-7-10-16/h5-7,9-10,15,17H,3-4,8,11-14H2,1-2H3. The monoisotopic (exact) mass is 289 g/mol. The zero-order valence-corrected chi connectivity index (χ0v) is 13.3. The summed E-state index contributed by atoms with van der Waals surface area (Å²) in [7, 11) is 0. The fourth-order valence-corrected chi connectivity index (χ4v) is 3.26. The molecular formula is C18H27NO2. The lowest BCUT2D eigenvalue weighted by Gasteiger charge is -2.36. The number of benzene rings is 1. The largest absolute Gasteiger partial charge is 0.465 e. The molecule has 3 nitrogen and oxygen atoms in total. The first-order valence-electron chi connectivity index (χ1n) is 8.21. The third kappa shape index (κ3) is 4.31. The SMILES string of the molecule is CCCC1CCN(C(C(=O)OCC)c2ccccc2)CC1. The average Bonchev–Trinajstić information content (AvgIpc) is 2.51. The molecule has 1 saturated heterocycles. The lowest BCUT2D eigenvalue weighted by Crippen LogP contribution is -2.40. The predicted molar refractivity (Wildman–Crippen MR) is 85.0 cm³/mol. The van der Waals surface area contributed by atoms with Crippen LogP contribution in [0.2, 0.25) is 0 Å². The molecule has 1 atom stereocenters. The van der Waals surface area contributed by atoms with Gasteiger partial charge in [-0.25, -0.2) is 4.79 Å². The Morgan fingerprint density at radius 2 is 1.90 bits per heavy atom. The van der Waals surface area contributed by atoms with Gasteiger partial charge in [0.05, 0.1) is 6.61 Å². The molecular weight excluding hydrogens is 262 g/mol. The molecule has 0 amide bonds. The minimum atomic E-state index is -0.242. The number of carbonyl (C=O) groups excluding carboxylic acids is 1. The summed E-state index contributed by atoms with van der Waals surface area (Å²) >= 11 is 0. The van der Waals surface area contributed by atoms with Gasteiger partial charge >= 0.3 is 5.97 Å². The molecule has 0 saturated carbocycles. The van der Waals surface area contributed by atoms with Crippen LogP contribution in [0.15, 0.2) is 30.3 Å². The van der Waals surface area contributed by atoms with Crippen LogP contribution in [0, 0.1) is 5.92 Å². The Bertz CT molecular complexity index is 424. The minimum absolute atomic E-state index is 0.113. The number of likely N-dealkylation sites (tertiary alicyclic amines) is 1. The fraction of sp³-hybridized carbons (Fsp3) is 0.611. The molecule has 0 radical (unpaired) electrons. The van der Waals surface area contributed by atoms with Gasteiger partial charge in [0.2, 0.25) is 0 Å². The zero-order chi connectivity index (χ0) is 15.1. The summed E-state index contributed by atoms with van der Waals surface area (Å²) in [5.41, 5.74) is 1.05. The maximum Gasteiger partial charge on any atom is 0.327 e. The average molecular weight is 289 g/mol. The number of carbonyl (C=O) groups is 1. The molecule has 0 bridgehead atoms. The van der Waals surface area contributed by atoms with Crippen LogP contribution in [0.1, 0.15) is 51.1 Å². The first-order chi connectivity index (χ1) is 10.3. The maximum absolute atomic E-state index is 12.4. The highest BCUT2D eigenvalue weighted by atomic mass is 16.5. The second kappa shape index (κ2) is 8.18. The number of rotatable bonds is 6. The second-order valence-electron chi connectivity index (χ2n) is 5.83. The van der Waals surface area contributed by atoms with Gasteiger partial charge in [-0.3, -0.25) is 4.90 Å². The topological polar surface area (TPSA) is 29.5 Å². The van der Waals surface area contributed by atoms with Crippen LogP contribution in [-0.2, 0) is 9.53 Å². The summed E-state index contributed by atoms with van der Waals surface area (Å²) in [6.07, 6.45) is 4.95. The van der Waals surface area contributed by atoms with Gasteiger partial charge in [-0.1, -0.05) is 50.1 Å². The summed E-state index contributed by atoms with van der Waals surface area (Å²) in [6, 6.07) is 9.78. The van der Waals surface area contributed by atoms with Crippen molar-refractivity contribution < 1.29 is 9.53 Å². The van der Waals surface area contributed by atoms with Crippen molar-refractivity contribution in [2.75, 3.05) is 19.7 Å². The summed E-state index contributed by atoms with van der Waals surface area (Å²) in [4.78, 5) is 14.7. The van der Waals surface area contributed by atoms with Crippen LogP contribution in [0.4, 0.5) is 0 Å². The predicted octanol–water partition coefficient (Wildman–Crippen LogP) is 3.80. The normalized spacial score (nSPS) is 18.4. The lowest BCUT2D eigenvalue weighted by molar-refractivity contribution is -0.150. The van der Waals surface area contributed by atoms with E-state index in [1.807, 2.05) is 37.3 Å². The number of piperidine rings is 1. The molecule has 0 aromatic heterocycles. The minimum Gasteiger partial charge on any atom is -0.465 e. The number of esters is 1. The zero-order valence-electron chi connectivity index (χ0n) is 13.3. The number of ether oxygens (including phenoxy) is 1. The van der Waals surface area contributed by atoms with Crippen LogP contribution in [-0.4, -0.2) is 30.6 Å². The highest BCUT2D eigenvalue weighted by Crippen LogP contribution is 2.29. The van der Waals surface area contributed by atoms with E-state index in [-0.39, 0.29) is 12.0 Å². The van der Waals surface area contributed by atoms with Crippen molar-refractivity contribution in [3.05, 3.63) is 35.9 Å². The van der Waals surface area contributed by atoms with Crippen molar-refractivity contribution in [2.45, 2.75) is 45.6 Å². The molecule has 1 unspecified atom stereocenters. The molecule has 0 aliphatic carbocycles. The van der Waals surface area contributed by atoms with Gasteiger partial charge in [-0.2, -0.15) is 0 Å². The molecule has 0 spiro atoms. The second-order valence-corrected chi connectivity index (χ2v) is 5.83. The van der Waals surface area contributed by atoms with Gasteiger partial charge in [0.25, 0.3) is 0 Å². The Kier molecular flexibility index (Phi) is 6.24. The Balaban J connectivity index is 2.08. The molecule has 1 heterocycles. The molecule has 3 heteroatoms. The summed E-state index contributed by atoms with van der Waals surface area (Å²) in [5, 5.41) is 0. The van der Waals surface area contributed by atoms with Gasteiger partial charge in [0, 0.05) is 0 Å². The highest BCUT2D eigenvalue weighted by Gasteiger charge is 2.31. The van der Waals surface area contributed by atoms with E-state index in [1.165, 1.54) is 25.7 Å². The molecule has 1 aromatic rings. The van der Waals surface area contributed by atoms with E-state index in [0.717, 1.165) is 24.6 Å². The van der Waals surface area contributed by atoms with E-state index < -0.39 is 0 Å². The van der Waals surface area contributed by atoms with Crippen LogP contribution in [0.3, 0.4) is 0 Å². The van der Waals surface area contributed by atoms with E-state index >= 15 is 0 Å². The van der Waals surface area contributed by atoms with Gasteiger partial charge < -0.3 is 4.74 Å². The summed E-state index contributed by atoms with van der Waals surface area (Å²) < 4.78 is 5.31. The first kappa shape index (κ1) is 16.0. The van der Waals surface area contributed by atoms with Gasteiger partial charge in [0.1, 0.15) is 6.04 Å². The van der Waals surface area contributed by atoms with Crippen LogP contribution in [0.5, 0.6) is 0 Å². The molecule has 1 aromatic carbocycles. The molecule has 21 heavy (non-hydrogen) atoms. The number of nitrogens with zero attached hydrogens (tertiary/aromatic N) is 1. The van der Waals surface area contributed by atoms with Crippen molar-refractivity contribution in [1.29, 1.82) is 0 Å². The fourth-order valence-electron chi connectivity index (χ4n) is 3.26. The van der Waals surface area contributed by atoms with Crippen molar-refractivity contribution in [3.63, 3.8) is 0 Å². The van der Waals surface area contributed by atoms with Crippen molar-refractivity contribution in [2.24, 2.45) is 5.92 Å². The molecule has 1 aliphatic rings.